The normalized spacial score (nSPS) is 10.4. The summed E-state index contributed by atoms with van der Waals surface area (Å²) < 4.78 is 6.69. The second kappa shape index (κ2) is 4.22. The van der Waals surface area contributed by atoms with E-state index in [-0.39, 0.29) is 0 Å². The van der Waals surface area contributed by atoms with Gasteiger partial charge < -0.3 is 9.30 Å². The fraction of sp³-hybridized carbons (Fsp3) is 0.273. The summed E-state index contributed by atoms with van der Waals surface area (Å²) in [5, 5.41) is 2.65. The number of ether oxygens (including phenoxy) is 1. The first-order valence-corrected chi connectivity index (χ1v) is 5.05. The maximum absolute atomic E-state index is 11.2. The number of hydrogen-bond acceptors (Lipinski definition) is 3. The van der Waals surface area contributed by atoms with E-state index in [0.717, 1.165) is 11.0 Å². The minimum Gasteiger partial charge on any atom is -0.450 e. The summed E-state index contributed by atoms with van der Waals surface area (Å²) >= 11 is 0. The smallest absolute Gasteiger partial charge is 0.411 e. The first kappa shape index (κ1) is 10.5. The van der Waals surface area contributed by atoms with Crippen molar-refractivity contribution in [3.05, 3.63) is 24.5 Å². The van der Waals surface area contributed by atoms with E-state index in [2.05, 4.69) is 10.3 Å². The average molecular weight is 219 g/mol. The zero-order chi connectivity index (χ0) is 11.5. The Bertz CT molecular complexity index is 519. The van der Waals surface area contributed by atoms with Gasteiger partial charge >= 0.3 is 6.09 Å². The van der Waals surface area contributed by atoms with Gasteiger partial charge in [-0.3, -0.25) is 5.32 Å². The highest BCUT2D eigenvalue weighted by molar-refractivity contribution is 5.88. The number of anilines is 1. The molecular weight excluding hydrogens is 206 g/mol. The summed E-state index contributed by atoms with van der Waals surface area (Å²) in [5.41, 5.74) is 2.57. The molecule has 0 saturated heterocycles. The number of imidazole rings is 1. The molecule has 0 aliphatic rings. The van der Waals surface area contributed by atoms with Crippen LogP contribution in [0.1, 0.15) is 6.92 Å². The summed E-state index contributed by atoms with van der Waals surface area (Å²) in [6.45, 7) is 2.13. The number of benzene rings is 1. The highest BCUT2D eigenvalue weighted by Crippen LogP contribution is 2.17. The maximum Gasteiger partial charge on any atom is 0.411 e. The van der Waals surface area contributed by atoms with Gasteiger partial charge in [-0.25, -0.2) is 9.78 Å². The average Bonchev–Trinajstić information content (AvgIpc) is 2.61. The fourth-order valence-corrected chi connectivity index (χ4v) is 1.49. The van der Waals surface area contributed by atoms with Crippen LogP contribution in [0.25, 0.3) is 11.0 Å². The van der Waals surface area contributed by atoms with Crippen molar-refractivity contribution in [3.8, 4) is 0 Å². The molecule has 1 heterocycles. The van der Waals surface area contributed by atoms with Crippen LogP contribution < -0.4 is 5.32 Å². The third-order valence-electron chi connectivity index (χ3n) is 2.25. The van der Waals surface area contributed by atoms with Crippen LogP contribution in [0.15, 0.2) is 24.5 Å². The SMILES string of the molecule is CCOC(=O)Nc1ccc2ncn(C)c2c1. The number of rotatable bonds is 2. The summed E-state index contributed by atoms with van der Waals surface area (Å²) in [7, 11) is 1.91. The van der Waals surface area contributed by atoms with Crippen molar-refractivity contribution in [2.75, 3.05) is 11.9 Å². The third kappa shape index (κ3) is 1.98. The molecule has 1 N–H and O–H groups in total. The van der Waals surface area contributed by atoms with E-state index in [1.807, 2.05) is 23.7 Å². The van der Waals surface area contributed by atoms with Gasteiger partial charge in [0.15, 0.2) is 0 Å². The molecule has 1 aromatic heterocycles. The summed E-state index contributed by atoms with van der Waals surface area (Å²) in [6, 6.07) is 5.52. The largest absolute Gasteiger partial charge is 0.450 e. The lowest BCUT2D eigenvalue weighted by molar-refractivity contribution is 0.168. The molecule has 0 aliphatic heterocycles. The lowest BCUT2D eigenvalue weighted by Crippen LogP contribution is -2.13. The number of amides is 1. The molecule has 84 valence electrons. The van der Waals surface area contributed by atoms with E-state index in [0.29, 0.717) is 12.3 Å². The van der Waals surface area contributed by atoms with Crippen LogP contribution in [0.4, 0.5) is 10.5 Å². The molecular formula is C11H13N3O2. The fourth-order valence-electron chi connectivity index (χ4n) is 1.49. The van der Waals surface area contributed by atoms with E-state index in [9.17, 15) is 4.79 Å². The standard InChI is InChI=1S/C11H13N3O2/c1-3-16-11(15)13-8-4-5-9-10(6-8)14(2)7-12-9/h4-7H,3H2,1-2H3,(H,13,15). The second-order valence-electron chi connectivity index (χ2n) is 3.40. The summed E-state index contributed by atoms with van der Waals surface area (Å²) in [5.74, 6) is 0. The van der Waals surface area contributed by atoms with Crippen LogP contribution in [-0.4, -0.2) is 22.3 Å². The number of carbonyl (C=O) groups is 1. The molecule has 0 bridgehead atoms. The van der Waals surface area contributed by atoms with Gasteiger partial charge in [-0.2, -0.15) is 0 Å². The Kier molecular flexibility index (Phi) is 2.76. The first-order chi connectivity index (χ1) is 7.70. The highest BCUT2D eigenvalue weighted by Gasteiger charge is 2.04. The Hall–Kier alpha value is -2.04. The molecule has 2 aromatic rings. The molecule has 5 nitrogen and oxygen atoms in total. The van der Waals surface area contributed by atoms with E-state index in [4.69, 9.17) is 4.74 Å². The van der Waals surface area contributed by atoms with Gasteiger partial charge in [-0.15, -0.1) is 0 Å². The van der Waals surface area contributed by atoms with E-state index < -0.39 is 6.09 Å². The topological polar surface area (TPSA) is 56.1 Å². The predicted molar refractivity (Wildman–Crippen MR) is 61.4 cm³/mol. The van der Waals surface area contributed by atoms with Crippen molar-refractivity contribution in [1.82, 2.24) is 9.55 Å². The van der Waals surface area contributed by atoms with Gasteiger partial charge in [-0.1, -0.05) is 0 Å². The van der Waals surface area contributed by atoms with Crippen LogP contribution in [0.2, 0.25) is 0 Å². The van der Waals surface area contributed by atoms with Crippen molar-refractivity contribution in [2.45, 2.75) is 6.92 Å². The number of aryl methyl sites for hydroxylation is 1. The minimum absolute atomic E-state index is 0.361. The quantitative estimate of drug-likeness (QED) is 0.841. The molecule has 2 rings (SSSR count). The number of carbonyl (C=O) groups excluding carboxylic acids is 1. The van der Waals surface area contributed by atoms with Gasteiger partial charge in [0.2, 0.25) is 0 Å². The van der Waals surface area contributed by atoms with Crippen LogP contribution in [-0.2, 0) is 11.8 Å². The zero-order valence-corrected chi connectivity index (χ0v) is 9.23. The number of fused-ring (bicyclic) bond motifs is 1. The van der Waals surface area contributed by atoms with Crippen LogP contribution in [0, 0.1) is 0 Å². The number of nitrogens with one attached hydrogen (secondary N) is 1. The Labute approximate surface area is 93.0 Å². The molecule has 0 unspecified atom stereocenters. The highest BCUT2D eigenvalue weighted by atomic mass is 16.5. The van der Waals surface area contributed by atoms with Gasteiger partial charge in [0.25, 0.3) is 0 Å². The molecule has 16 heavy (non-hydrogen) atoms. The molecule has 1 aromatic carbocycles. The van der Waals surface area contributed by atoms with Crippen molar-refractivity contribution >= 4 is 22.8 Å². The number of aromatic nitrogens is 2. The Morgan fingerprint density at radius 3 is 3.12 bits per heavy atom. The molecule has 0 radical (unpaired) electrons. The monoisotopic (exact) mass is 219 g/mol. The lowest BCUT2D eigenvalue weighted by atomic mass is 10.3. The van der Waals surface area contributed by atoms with Gasteiger partial charge in [-0.05, 0) is 25.1 Å². The Balaban J connectivity index is 2.25. The Morgan fingerprint density at radius 1 is 1.56 bits per heavy atom. The first-order valence-electron chi connectivity index (χ1n) is 5.05. The minimum atomic E-state index is -0.441. The van der Waals surface area contributed by atoms with Crippen molar-refractivity contribution < 1.29 is 9.53 Å². The second-order valence-corrected chi connectivity index (χ2v) is 3.40. The van der Waals surface area contributed by atoms with Crippen molar-refractivity contribution in [3.63, 3.8) is 0 Å². The van der Waals surface area contributed by atoms with Crippen molar-refractivity contribution in [2.24, 2.45) is 7.05 Å². The lowest BCUT2D eigenvalue weighted by Gasteiger charge is -2.05. The number of hydrogen-bond donors (Lipinski definition) is 1. The molecule has 0 aliphatic carbocycles. The molecule has 0 saturated carbocycles. The Morgan fingerprint density at radius 2 is 2.38 bits per heavy atom. The van der Waals surface area contributed by atoms with Crippen LogP contribution >= 0.6 is 0 Å². The molecule has 1 amide bonds. The number of nitrogens with zero attached hydrogens (tertiary/aromatic N) is 2. The van der Waals surface area contributed by atoms with E-state index >= 15 is 0 Å². The third-order valence-corrected chi connectivity index (χ3v) is 2.25. The van der Waals surface area contributed by atoms with E-state index in [1.165, 1.54) is 0 Å². The van der Waals surface area contributed by atoms with E-state index in [1.54, 1.807) is 19.3 Å². The summed E-state index contributed by atoms with van der Waals surface area (Å²) in [6.07, 6.45) is 1.29. The zero-order valence-electron chi connectivity index (χ0n) is 9.23. The summed E-state index contributed by atoms with van der Waals surface area (Å²) in [4.78, 5) is 15.4. The van der Waals surface area contributed by atoms with Crippen molar-refractivity contribution in [1.29, 1.82) is 0 Å². The van der Waals surface area contributed by atoms with Gasteiger partial charge in [0.05, 0.1) is 24.0 Å². The van der Waals surface area contributed by atoms with Crippen LogP contribution in [0.5, 0.6) is 0 Å². The predicted octanol–water partition coefficient (Wildman–Crippen LogP) is 2.14. The molecule has 0 spiro atoms. The molecule has 0 fully saturated rings. The molecule has 5 heteroatoms. The maximum atomic E-state index is 11.2. The van der Waals surface area contributed by atoms with Crippen LogP contribution in [0.3, 0.4) is 0 Å². The van der Waals surface area contributed by atoms with Gasteiger partial charge in [0, 0.05) is 12.7 Å². The van der Waals surface area contributed by atoms with Gasteiger partial charge in [0.1, 0.15) is 0 Å². The molecule has 0 atom stereocenters.